The summed E-state index contributed by atoms with van der Waals surface area (Å²) in [5, 5.41) is 0.976. The molecule has 112 valence electrons. The molecular weight excluding hydrogens is 338 g/mol. The van der Waals surface area contributed by atoms with E-state index in [4.69, 9.17) is 0 Å². The fraction of sp³-hybridized carbons (Fsp3) is 0.600. The highest BCUT2D eigenvalue weighted by atomic mass is 79.9. The van der Waals surface area contributed by atoms with Gasteiger partial charge in [0.15, 0.2) is 0 Å². The molecule has 2 rings (SSSR count). The van der Waals surface area contributed by atoms with Crippen LogP contribution in [-0.2, 0) is 16.4 Å². The van der Waals surface area contributed by atoms with Gasteiger partial charge in [-0.2, -0.15) is 0 Å². The van der Waals surface area contributed by atoms with Gasteiger partial charge in [0, 0.05) is 11.9 Å². The first-order valence-corrected chi connectivity index (χ1v) is 9.95. The van der Waals surface area contributed by atoms with E-state index in [1.54, 1.807) is 0 Å². The Balaban J connectivity index is 1.79. The minimum absolute atomic E-state index is 0.169. The topological polar surface area (TPSA) is 46.2 Å². The number of sulfonamides is 1. The predicted octanol–water partition coefficient (Wildman–Crippen LogP) is 2.96. The van der Waals surface area contributed by atoms with Gasteiger partial charge in [0.05, 0.1) is 5.75 Å². The van der Waals surface area contributed by atoms with Crippen molar-refractivity contribution < 1.29 is 8.42 Å². The Morgan fingerprint density at radius 2 is 1.85 bits per heavy atom. The molecule has 1 saturated carbocycles. The standard InChI is InChI=1S/C15H22BrNO2S/c16-11-14-7-4-8-15(14)12-17-20(18,19)10-9-13-5-2-1-3-6-13/h1-3,5-6,14-15,17H,4,7-12H2. The highest BCUT2D eigenvalue weighted by Gasteiger charge is 2.27. The van der Waals surface area contributed by atoms with E-state index in [1.165, 1.54) is 12.8 Å². The second-order valence-corrected chi connectivity index (χ2v) is 8.08. The number of halogens is 1. The van der Waals surface area contributed by atoms with Crippen molar-refractivity contribution in [1.82, 2.24) is 4.72 Å². The average molecular weight is 360 g/mol. The van der Waals surface area contributed by atoms with Crippen LogP contribution in [0.5, 0.6) is 0 Å². The lowest BCUT2D eigenvalue weighted by Gasteiger charge is -2.17. The summed E-state index contributed by atoms with van der Waals surface area (Å²) in [6.45, 7) is 0.591. The first kappa shape index (κ1) is 16.0. The van der Waals surface area contributed by atoms with E-state index in [1.807, 2.05) is 30.3 Å². The predicted molar refractivity (Wildman–Crippen MR) is 86.6 cm³/mol. The van der Waals surface area contributed by atoms with Crippen LogP contribution in [0.1, 0.15) is 24.8 Å². The van der Waals surface area contributed by atoms with Gasteiger partial charge in [-0.1, -0.05) is 52.7 Å². The molecule has 0 amide bonds. The number of nitrogens with one attached hydrogen (secondary N) is 1. The van der Waals surface area contributed by atoms with Crippen molar-refractivity contribution >= 4 is 26.0 Å². The molecule has 0 aliphatic heterocycles. The first-order chi connectivity index (χ1) is 9.61. The minimum atomic E-state index is -3.16. The van der Waals surface area contributed by atoms with Gasteiger partial charge < -0.3 is 0 Å². The lowest BCUT2D eigenvalue weighted by Crippen LogP contribution is -2.33. The van der Waals surface area contributed by atoms with Gasteiger partial charge in [-0.3, -0.25) is 0 Å². The zero-order valence-corrected chi connectivity index (χ0v) is 14.0. The quantitative estimate of drug-likeness (QED) is 0.760. The Labute approximate surface area is 130 Å². The fourth-order valence-electron chi connectivity index (χ4n) is 2.79. The largest absolute Gasteiger partial charge is 0.215 e. The van der Waals surface area contributed by atoms with E-state index >= 15 is 0 Å². The van der Waals surface area contributed by atoms with Crippen LogP contribution in [0.3, 0.4) is 0 Å². The number of rotatable bonds is 7. The summed E-state index contributed by atoms with van der Waals surface area (Å²) < 4.78 is 26.9. The van der Waals surface area contributed by atoms with Gasteiger partial charge in [-0.15, -0.1) is 0 Å². The molecule has 1 aromatic rings. The maximum Gasteiger partial charge on any atom is 0.211 e. The Hall–Kier alpha value is -0.390. The monoisotopic (exact) mass is 359 g/mol. The third-order valence-corrected chi connectivity index (χ3v) is 6.26. The van der Waals surface area contributed by atoms with Crippen LogP contribution < -0.4 is 4.72 Å². The zero-order valence-electron chi connectivity index (χ0n) is 11.6. The highest BCUT2D eigenvalue weighted by Crippen LogP contribution is 2.32. The Kier molecular flexibility index (Phi) is 6.05. The molecule has 0 heterocycles. The van der Waals surface area contributed by atoms with Crippen LogP contribution in [0.25, 0.3) is 0 Å². The van der Waals surface area contributed by atoms with Crippen molar-refractivity contribution in [2.45, 2.75) is 25.7 Å². The lowest BCUT2D eigenvalue weighted by atomic mass is 9.99. The normalized spacial score (nSPS) is 23.1. The van der Waals surface area contributed by atoms with Crippen LogP contribution >= 0.6 is 15.9 Å². The maximum absolute atomic E-state index is 12.0. The number of benzene rings is 1. The third kappa shape index (κ3) is 4.86. The fourth-order valence-corrected chi connectivity index (χ4v) is 4.76. The zero-order chi connectivity index (χ0) is 14.4. The summed E-state index contributed by atoms with van der Waals surface area (Å²) >= 11 is 3.52. The molecule has 1 aliphatic rings. The third-order valence-electron chi connectivity index (χ3n) is 4.08. The van der Waals surface area contributed by atoms with Crippen LogP contribution in [-0.4, -0.2) is 26.0 Å². The smallest absolute Gasteiger partial charge is 0.211 e. The lowest BCUT2D eigenvalue weighted by molar-refractivity contribution is 0.422. The molecule has 0 radical (unpaired) electrons. The van der Waals surface area contributed by atoms with E-state index in [0.717, 1.165) is 17.3 Å². The maximum atomic E-state index is 12.0. The van der Waals surface area contributed by atoms with Gasteiger partial charge in [-0.25, -0.2) is 13.1 Å². The van der Waals surface area contributed by atoms with E-state index in [-0.39, 0.29) is 5.75 Å². The SMILES string of the molecule is O=S(=O)(CCc1ccccc1)NCC1CCCC1CBr. The molecule has 5 heteroatoms. The van der Waals surface area contributed by atoms with Crippen LogP contribution in [0, 0.1) is 11.8 Å². The molecule has 1 N–H and O–H groups in total. The summed E-state index contributed by atoms with van der Waals surface area (Å²) in [6.07, 6.45) is 4.13. The molecule has 0 aromatic heterocycles. The molecule has 2 unspecified atom stereocenters. The molecule has 1 aliphatic carbocycles. The number of hydrogen-bond acceptors (Lipinski definition) is 2. The molecule has 1 aromatic carbocycles. The second-order valence-electron chi connectivity index (χ2n) is 5.51. The second kappa shape index (κ2) is 7.57. The Morgan fingerprint density at radius 1 is 1.15 bits per heavy atom. The van der Waals surface area contributed by atoms with E-state index in [0.29, 0.717) is 24.8 Å². The molecule has 1 fully saturated rings. The number of alkyl halides is 1. The molecule has 0 spiro atoms. The van der Waals surface area contributed by atoms with Gasteiger partial charge in [-0.05, 0) is 36.7 Å². The molecule has 2 atom stereocenters. The van der Waals surface area contributed by atoms with Crippen LogP contribution in [0.4, 0.5) is 0 Å². The van der Waals surface area contributed by atoms with E-state index in [9.17, 15) is 8.42 Å². The molecule has 20 heavy (non-hydrogen) atoms. The van der Waals surface area contributed by atoms with Crippen molar-refractivity contribution in [1.29, 1.82) is 0 Å². The number of aryl methyl sites for hydroxylation is 1. The van der Waals surface area contributed by atoms with Gasteiger partial charge in [0.1, 0.15) is 0 Å². The summed E-state index contributed by atoms with van der Waals surface area (Å²) in [4.78, 5) is 0. The van der Waals surface area contributed by atoms with E-state index in [2.05, 4.69) is 20.7 Å². The van der Waals surface area contributed by atoms with Crippen molar-refractivity contribution in [3.8, 4) is 0 Å². The van der Waals surface area contributed by atoms with Crippen LogP contribution in [0.2, 0.25) is 0 Å². The molecule has 3 nitrogen and oxygen atoms in total. The van der Waals surface area contributed by atoms with Crippen molar-refractivity contribution in [3.63, 3.8) is 0 Å². The highest BCUT2D eigenvalue weighted by molar-refractivity contribution is 9.09. The van der Waals surface area contributed by atoms with Crippen LogP contribution in [0.15, 0.2) is 30.3 Å². The van der Waals surface area contributed by atoms with E-state index < -0.39 is 10.0 Å². The molecule has 0 bridgehead atoms. The van der Waals surface area contributed by atoms with Crippen molar-refractivity contribution in [2.24, 2.45) is 11.8 Å². The van der Waals surface area contributed by atoms with Gasteiger partial charge >= 0.3 is 0 Å². The first-order valence-electron chi connectivity index (χ1n) is 7.18. The summed E-state index contributed by atoms with van der Waals surface area (Å²) in [5.74, 6) is 1.27. The molecular formula is C15H22BrNO2S. The van der Waals surface area contributed by atoms with Gasteiger partial charge in [0.2, 0.25) is 10.0 Å². The minimum Gasteiger partial charge on any atom is -0.215 e. The Bertz CT molecular complexity index is 504. The molecule has 0 saturated heterocycles. The summed E-state index contributed by atoms with van der Waals surface area (Å²) in [5.41, 5.74) is 1.07. The summed E-state index contributed by atoms with van der Waals surface area (Å²) in [7, 11) is -3.16. The Morgan fingerprint density at radius 3 is 2.55 bits per heavy atom. The summed E-state index contributed by atoms with van der Waals surface area (Å²) in [6, 6.07) is 9.75. The van der Waals surface area contributed by atoms with Gasteiger partial charge in [0.25, 0.3) is 0 Å². The van der Waals surface area contributed by atoms with Crippen molar-refractivity contribution in [2.75, 3.05) is 17.6 Å². The number of hydrogen-bond donors (Lipinski definition) is 1. The van der Waals surface area contributed by atoms with Crippen molar-refractivity contribution in [3.05, 3.63) is 35.9 Å². The average Bonchev–Trinajstić information content (AvgIpc) is 2.92.